The van der Waals surface area contributed by atoms with Crippen LogP contribution in [0.2, 0.25) is 5.15 Å². The van der Waals surface area contributed by atoms with Gasteiger partial charge in [-0.1, -0.05) is 11.6 Å². The number of carbonyl (C=O) groups excluding carboxylic acids is 1. The first-order chi connectivity index (χ1) is 11.2. The van der Waals surface area contributed by atoms with Crippen molar-refractivity contribution in [1.82, 2.24) is 15.2 Å². The Labute approximate surface area is 139 Å². The maximum Gasteiger partial charge on any atom is 0.287 e. The second-order valence-electron chi connectivity index (χ2n) is 6.25. The highest BCUT2D eigenvalue weighted by Crippen LogP contribution is 2.28. The normalized spacial score (nSPS) is 26.2. The smallest absolute Gasteiger partial charge is 0.287 e. The SMILES string of the molecule is O=C(NC1CN2CCC1CC2)c1ccc(-c2ccc(Cl)nc2)o1. The third kappa shape index (κ3) is 2.99. The van der Waals surface area contributed by atoms with Gasteiger partial charge in [0.1, 0.15) is 10.9 Å². The average molecular weight is 332 g/mol. The second kappa shape index (κ2) is 5.98. The Kier molecular flexibility index (Phi) is 3.83. The van der Waals surface area contributed by atoms with E-state index < -0.39 is 0 Å². The van der Waals surface area contributed by atoms with Gasteiger partial charge >= 0.3 is 0 Å². The van der Waals surface area contributed by atoms with Gasteiger partial charge in [0.2, 0.25) is 0 Å². The molecule has 3 aliphatic heterocycles. The first kappa shape index (κ1) is 14.7. The highest BCUT2D eigenvalue weighted by atomic mass is 35.5. The summed E-state index contributed by atoms with van der Waals surface area (Å²) in [4.78, 5) is 18.9. The Bertz CT molecular complexity index is 705. The molecule has 1 N–H and O–H groups in total. The minimum absolute atomic E-state index is 0.142. The number of hydrogen-bond acceptors (Lipinski definition) is 4. The highest BCUT2D eigenvalue weighted by molar-refractivity contribution is 6.29. The summed E-state index contributed by atoms with van der Waals surface area (Å²) in [5.74, 6) is 1.41. The van der Waals surface area contributed by atoms with E-state index in [-0.39, 0.29) is 11.9 Å². The summed E-state index contributed by atoms with van der Waals surface area (Å²) in [6.07, 6.45) is 3.98. The fourth-order valence-electron chi connectivity index (χ4n) is 3.50. The van der Waals surface area contributed by atoms with Crippen molar-refractivity contribution in [3.8, 4) is 11.3 Å². The van der Waals surface area contributed by atoms with E-state index in [1.54, 1.807) is 24.4 Å². The molecule has 5 heterocycles. The lowest BCUT2D eigenvalue weighted by molar-refractivity contribution is 0.0606. The van der Waals surface area contributed by atoms with Crippen LogP contribution in [0.1, 0.15) is 23.4 Å². The van der Waals surface area contributed by atoms with Crippen LogP contribution in [-0.4, -0.2) is 41.5 Å². The molecule has 120 valence electrons. The molecule has 5 nitrogen and oxygen atoms in total. The summed E-state index contributed by atoms with van der Waals surface area (Å²) in [6.45, 7) is 3.27. The second-order valence-corrected chi connectivity index (χ2v) is 6.64. The minimum Gasteiger partial charge on any atom is -0.451 e. The van der Waals surface area contributed by atoms with Gasteiger partial charge in [0, 0.05) is 24.3 Å². The van der Waals surface area contributed by atoms with Gasteiger partial charge < -0.3 is 14.6 Å². The zero-order valence-electron chi connectivity index (χ0n) is 12.7. The first-order valence-electron chi connectivity index (χ1n) is 7.94. The van der Waals surface area contributed by atoms with E-state index in [0.29, 0.717) is 22.6 Å². The lowest BCUT2D eigenvalue weighted by atomic mass is 9.84. The maximum atomic E-state index is 12.4. The van der Waals surface area contributed by atoms with Crippen LogP contribution in [0.15, 0.2) is 34.9 Å². The molecule has 23 heavy (non-hydrogen) atoms. The van der Waals surface area contributed by atoms with Crippen LogP contribution >= 0.6 is 11.6 Å². The van der Waals surface area contributed by atoms with E-state index in [4.69, 9.17) is 16.0 Å². The van der Waals surface area contributed by atoms with E-state index in [9.17, 15) is 4.79 Å². The quantitative estimate of drug-likeness (QED) is 0.879. The Hall–Kier alpha value is -1.85. The fourth-order valence-corrected chi connectivity index (χ4v) is 3.62. The Morgan fingerprint density at radius 1 is 1.26 bits per heavy atom. The number of aromatic nitrogens is 1. The van der Waals surface area contributed by atoms with Gasteiger partial charge in [0.15, 0.2) is 5.76 Å². The van der Waals surface area contributed by atoms with Crippen molar-refractivity contribution in [1.29, 1.82) is 0 Å². The predicted octanol–water partition coefficient (Wildman–Crippen LogP) is 2.82. The number of nitrogens with one attached hydrogen (secondary N) is 1. The number of halogens is 1. The van der Waals surface area contributed by atoms with Crippen molar-refractivity contribution < 1.29 is 9.21 Å². The largest absolute Gasteiger partial charge is 0.451 e. The molecule has 0 aliphatic carbocycles. The molecule has 0 spiro atoms. The molecule has 0 radical (unpaired) electrons. The molecule has 1 atom stereocenters. The third-order valence-corrected chi connectivity index (χ3v) is 5.04. The van der Waals surface area contributed by atoms with Gasteiger partial charge in [-0.3, -0.25) is 4.79 Å². The van der Waals surface area contributed by atoms with Gasteiger partial charge in [-0.25, -0.2) is 4.98 Å². The van der Waals surface area contributed by atoms with Gasteiger partial charge in [-0.05, 0) is 56.1 Å². The molecule has 0 saturated carbocycles. The molecular formula is C17H18ClN3O2. The van der Waals surface area contributed by atoms with Crippen molar-refractivity contribution >= 4 is 17.5 Å². The molecule has 3 saturated heterocycles. The first-order valence-corrected chi connectivity index (χ1v) is 8.32. The summed E-state index contributed by atoms with van der Waals surface area (Å²) < 4.78 is 5.68. The van der Waals surface area contributed by atoms with Gasteiger partial charge in [-0.2, -0.15) is 0 Å². The molecule has 1 unspecified atom stereocenters. The topological polar surface area (TPSA) is 58.4 Å². The number of piperidine rings is 3. The minimum atomic E-state index is -0.142. The van der Waals surface area contributed by atoms with Crippen LogP contribution in [0.4, 0.5) is 0 Å². The summed E-state index contributed by atoms with van der Waals surface area (Å²) in [6, 6.07) is 7.25. The molecule has 2 aromatic heterocycles. The zero-order chi connectivity index (χ0) is 15.8. The van der Waals surface area contributed by atoms with Gasteiger partial charge in [0.25, 0.3) is 5.91 Å². The van der Waals surface area contributed by atoms with Crippen LogP contribution in [0.5, 0.6) is 0 Å². The lowest BCUT2D eigenvalue weighted by Crippen LogP contribution is -2.57. The number of rotatable bonds is 3. The maximum absolute atomic E-state index is 12.4. The molecule has 3 aliphatic rings. The predicted molar refractivity (Wildman–Crippen MR) is 87.4 cm³/mol. The van der Waals surface area contributed by atoms with E-state index in [0.717, 1.165) is 25.2 Å². The lowest BCUT2D eigenvalue weighted by Gasteiger charge is -2.44. The Morgan fingerprint density at radius 2 is 2.09 bits per heavy atom. The van der Waals surface area contributed by atoms with E-state index in [1.807, 2.05) is 6.07 Å². The molecule has 0 aromatic carbocycles. The van der Waals surface area contributed by atoms with Gasteiger partial charge in [-0.15, -0.1) is 0 Å². The Morgan fingerprint density at radius 3 is 2.74 bits per heavy atom. The van der Waals surface area contributed by atoms with Crippen molar-refractivity contribution in [3.05, 3.63) is 41.4 Å². The zero-order valence-corrected chi connectivity index (χ0v) is 13.4. The molecule has 2 aromatic rings. The standard InChI is InChI=1S/C17H18ClN3O2/c18-16-4-1-12(9-19-16)14-2-3-15(23-14)17(22)20-13-10-21-7-5-11(13)6-8-21/h1-4,9,11,13H,5-8,10H2,(H,20,22). The van der Waals surface area contributed by atoms with Crippen LogP contribution in [0, 0.1) is 5.92 Å². The van der Waals surface area contributed by atoms with Crippen molar-refractivity contribution in [2.75, 3.05) is 19.6 Å². The average Bonchev–Trinajstić information content (AvgIpc) is 3.07. The van der Waals surface area contributed by atoms with Crippen LogP contribution in [0.3, 0.4) is 0 Å². The number of carbonyl (C=O) groups is 1. The number of amides is 1. The number of pyridine rings is 1. The van der Waals surface area contributed by atoms with Crippen molar-refractivity contribution in [2.24, 2.45) is 5.92 Å². The van der Waals surface area contributed by atoms with Gasteiger partial charge in [0.05, 0.1) is 0 Å². The summed E-state index contributed by atoms with van der Waals surface area (Å²) >= 11 is 5.78. The fraction of sp³-hybridized carbons (Fsp3) is 0.412. The molecule has 2 bridgehead atoms. The van der Waals surface area contributed by atoms with Crippen LogP contribution in [0.25, 0.3) is 11.3 Å². The van der Waals surface area contributed by atoms with E-state index in [2.05, 4.69) is 15.2 Å². The van der Waals surface area contributed by atoms with E-state index >= 15 is 0 Å². The molecule has 5 rings (SSSR count). The van der Waals surface area contributed by atoms with E-state index in [1.165, 1.54) is 12.8 Å². The van der Waals surface area contributed by atoms with Crippen LogP contribution < -0.4 is 5.32 Å². The van der Waals surface area contributed by atoms with Crippen molar-refractivity contribution in [3.63, 3.8) is 0 Å². The van der Waals surface area contributed by atoms with Crippen LogP contribution in [-0.2, 0) is 0 Å². The number of nitrogens with zero attached hydrogens (tertiary/aromatic N) is 2. The molecule has 6 heteroatoms. The molecule has 3 fully saturated rings. The Balaban J connectivity index is 1.46. The third-order valence-electron chi connectivity index (χ3n) is 4.81. The summed E-state index contributed by atoms with van der Waals surface area (Å²) in [5, 5.41) is 3.56. The molecular weight excluding hydrogens is 314 g/mol. The number of furan rings is 1. The summed E-state index contributed by atoms with van der Waals surface area (Å²) in [7, 11) is 0. The summed E-state index contributed by atoms with van der Waals surface area (Å²) in [5.41, 5.74) is 0.802. The highest BCUT2D eigenvalue weighted by Gasteiger charge is 2.35. The molecule has 1 amide bonds. The number of fused-ring (bicyclic) bond motifs is 3. The monoisotopic (exact) mass is 331 g/mol. The van der Waals surface area contributed by atoms with Crippen molar-refractivity contribution in [2.45, 2.75) is 18.9 Å². The number of hydrogen-bond donors (Lipinski definition) is 1.